The predicted molar refractivity (Wildman–Crippen MR) is 44.0 cm³/mol. The van der Waals surface area contributed by atoms with Crippen LogP contribution in [0.25, 0.3) is 0 Å². The van der Waals surface area contributed by atoms with Crippen molar-refractivity contribution in [3.8, 4) is 0 Å². The van der Waals surface area contributed by atoms with Gasteiger partial charge in [0, 0.05) is 6.42 Å². The molecule has 2 N–H and O–H groups in total. The van der Waals surface area contributed by atoms with E-state index in [1.807, 2.05) is 0 Å². The van der Waals surface area contributed by atoms with Crippen molar-refractivity contribution in [1.29, 1.82) is 0 Å². The van der Waals surface area contributed by atoms with Gasteiger partial charge in [-0.2, -0.15) is 0 Å². The maximum absolute atomic E-state index is 11.8. The lowest BCUT2D eigenvalue weighted by Crippen LogP contribution is -2.12. The van der Waals surface area contributed by atoms with E-state index in [0.29, 0.717) is 10.4 Å². The van der Waals surface area contributed by atoms with Gasteiger partial charge in [0.15, 0.2) is 4.67 Å². The summed E-state index contributed by atoms with van der Waals surface area (Å²) < 4.78 is 29.2. The third-order valence-electron chi connectivity index (χ3n) is 1.39. The Morgan fingerprint density at radius 3 is 2.58 bits per heavy atom. The van der Waals surface area contributed by atoms with Crippen LogP contribution in [0.2, 0.25) is 0 Å². The van der Waals surface area contributed by atoms with Gasteiger partial charge in [0.05, 0.1) is 6.04 Å². The van der Waals surface area contributed by atoms with Crippen molar-refractivity contribution in [2.24, 2.45) is 5.73 Å². The lowest BCUT2D eigenvalue weighted by molar-refractivity contribution is 0.124. The van der Waals surface area contributed by atoms with Crippen LogP contribution >= 0.6 is 15.9 Å². The first-order chi connectivity index (χ1) is 5.59. The minimum Gasteiger partial charge on any atom is -0.453 e. The highest BCUT2D eigenvalue weighted by atomic mass is 79.9. The Balaban J connectivity index is 2.58. The SMILES string of the molecule is N[C@H](CC(F)F)c1ccc(Br)o1. The van der Waals surface area contributed by atoms with Crippen LogP contribution in [0.15, 0.2) is 21.2 Å². The van der Waals surface area contributed by atoms with E-state index in [9.17, 15) is 8.78 Å². The minimum atomic E-state index is -2.40. The smallest absolute Gasteiger partial charge is 0.240 e. The van der Waals surface area contributed by atoms with Gasteiger partial charge in [-0.25, -0.2) is 8.78 Å². The molecule has 2 nitrogen and oxygen atoms in total. The fourth-order valence-electron chi connectivity index (χ4n) is 0.836. The van der Waals surface area contributed by atoms with Crippen LogP contribution in [0, 0.1) is 0 Å². The summed E-state index contributed by atoms with van der Waals surface area (Å²) in [7, 11) is 0. The van der Waals surface area contributed by atoms with Gasteiger partial charge in [-0.05, 0) is 28.1 Å². The largest absolute Gasteiger partial charge is 0.453 e. The average Bonchev–Trinajstić information content (AvgIpc) is 2.34. The van der Waals surface area contributed by atoms with E-state index in [2.05, 4.69) is 15.9 Å². The first-order valence-corrected chi connectivity index (χ1v) is 4.18. The van der Waals surface area contributed by atoms with E-state index in [-0.39, 0.29) is 6.42 Å². The number of rotatable bonds is 3. The summed E-state index contributed by atoms with van der Waals surface area (Å²) in [5.41, 5.74) is 5.41. The molecule has 1 aromatic rings. The maximum atomic E-state index is 11.8. The molecule has 0 aliphatic rings. The van der Waals surface area contributed by atoms with Crippen LogP contribution in [-0.4, -0.2) is 6.43 Å². The van der Waals surface area contributed by atoms with E-state index in [1.54, 1.807) is 12.1 Å². The highest BCUT2D eigenvalue weighted by Crippen LogP contribution is 2.22. The maximum Gasteiger partial charge on any atom is 0.240 e. The second kappa shape index (κ2) is 4.00. The Hall–Kier alpha value is -0.420. The number of nitrogens with two attached hydrogens (primary N) is 1. The number of alkyl halides is 2. The third-order valence-corrected chi connectivity index (χ3v) is 1.82. The molecule has 68 valence electrons. The Bertz CT molecular complexity index is 251. The Labute approximate surface area is 76.9 Å². The Morgan fingerprint density at radius 1 is 1.50 bits per heavy atom. The molecule has 0 bridgehead atoms. The molecule has 5 heteroatoms. The highest BCUT2D eigenvalue weighted by Gasteiger charge is 2.15. The minimum absolute atomic E-state index is 0.375. The predicted octanol–water partition coefficient (Wildman–Crippen LogP) is 2.70. The molecule has 0 aliphatic carbocycles. The summed E-state index contributed by atoms with van der Waals surface area (Å²) in [5, 5.41) is 0. The van der Waals surface area contributed by atoms with Gasteiger partial charge in [0.1, 0.15) is 5.76 Å². The standard InChI is InChI=1S/C7H8BrF2NO/c8-6-2-1-5(12-6)4(11)3-7(9)10/h1-2,4,7H,3,11H2/t4-/m1/s1. The molecule has 1 atom stereocenters. The van der Waals surface area contributed by atoms with Gasteiger partial charge >= 0.3 is 0 Å². The fraction of sp³-hybridized carbons (Fsp3) is 0.429. The first kappa shape index (κ1) is 9.67. The summed E-state index contributed by atoms with van der Waals surface area (Å²) >= 11 is 3.06. The zero-order valence-corrected chi connectivity index (χ0v) is 7.72. The van der Waals surface area contributed by atoms with Crippen LogP contribution in [0.1, 0.15) is 18.2 Å². The van der Waals surface area contributed by atoms with Crippen LogP contribution < -0.4 is 5.73 Å². The molecule has 0 aliphatic heterocycles. The summed E-state index contributed by atoms with van der Waals surface area (Å²) in [6.45, 7) is 0. The Kier molecular flexibility index (Phi) is 3.22. The second-order valence-electron chi connectivity index (χ2n) is 2.38. The Morgan fingerprint density at radius 2 is 2.17 bits per heavy atom. The van der Waals surface area contributed by atoms with Gasteiger partial charge in [0.25, 0.3) is 0 Å². The zero-order valence-electron chi connectivity index (χ0n) is 6.14. The normalized spacial score (nSPS) is 13.8. The van der Waals surface area contributed by atoms with Crippen molar-refractivity contribution in [3.63, 3.8) is 0 Å². The van der Waals surface area contributed by atoms with Gasteiger partial charge in [-0.15, -0.1) is 0 Å². The van der Waals surface area contributed by atoms with Crippen LogP contribution in [-0.2, 0) is 0 Å². The molecule has 1 aromatic heterocycles. The quantitative estimate of drug-likeness (QED) is 0.882. The molecule has 1 heterocycles. The number of hydrogen-bond acceptors (Lipinski definition) is 2. The zero-order chi connectivity index (χ0) is 9.14. The molecule has 0 saturated heterocycles. The van der Waals surface area contributed by atoms with E-state index >= 15 is 0 Å². The topological polar surface area (TPSA) is 39.2 Å². The van der Waals surface area contributed by atoms with Crippen molar-refractivity contribution < 1.29 is 13.2 Å². The first-order valence-electron chi connectivity index (χ1n) is 3.38. The van der Waals surface area contributed by atoms with Crippen molar-refractivity contribution in [2.45, 2.75) is 18.9 Å². The van der Waals surface area contributed by atoms with Crippen molar-refractivity contribution in [3.05, 3.63) is 22.6 Å². The molecule has 0 fully saturated rings. The number of hydrogen-bond donors (Lipinski definition) is 1. The lowest BCUT2D eigenvalue weighted by Gasteiger charge is -2.06. The van der Waals surface area contributed by atoms with Gasteiger partial charge < -0.3 is 10.2 Å². The van der Waals surface area contributed by atoms with Gasteiger partial charge in [-0.3, -0.25) is 0 Å². The summed E-state index contributed by atoms with van der Waals surface area (Å²) in [6, 6.07) is 2.48. The fourth-order valence-corrected chi connectivity index (χ4v) is 1.15. The molecular formula is C7H8BrF2NO. The van der Waals surface area contributed by atoms with Crippen LogP contribution in [0.3, 0.4) is 0 Å². The number of halogens is 3. The molecule has 0 aromatic carbocycles. The third kappa shape index (κ3) is 2.57. The van der Waals surface area contributed by atoms with E-state index in [0.717, 1.165) is 0 Å². The van der Waals surface area contributed by atoms with Crippen molar-refractivity contribution in [1.82, 2.24) is 0 Å². The molecule has 1 rings (SSSR count). The highest BCUT2D eigenvalue weighted by molar-refractivity contribution is 9.10. The van der Waals surface area contributed by atoms with Crippen molar-refractivity contribution in [2.75, 3.05) is 0 Å². The molecule has 0 radical (unpaired) electrons. The lowest BCUT2D eigenvalue weighted by atomic mass is 10.2. The average molecular weight is 240 g/mol. The summed E-state index contributed by atoms with van der Waals surface area (Å²) in [6.07, 6.45) is -2.77. The molecule has 0 saturated carbocycles. The van der Waals surface area contributed by atoms with E-state index < -0.39 is 12.5 Å². The van der Waals surface area contributed by atoms with Gasteiger partial charge in [0.2, 0.25) is 6.43 Å². The number of furan rings is 1. The van der Waals surface area contributed by atoms with Crippen LogP contribution in [0.5, 0.6) is 0 Å². The molecule has 12 heavy (non-hydrogen) atoms. The summed E-state index contributed by atoms with van der Waals surface area (Å²) in [5.74, 6) is 0.377. The molecule has 0 unspecified atom stereocenters. The van der Waals surface area contributed by atoms with Gasteiger partial charge in [-0.1, -0.05) is 0 Å². The van der Waals surface area contributed by atoms with Crippen LogP contribution in [0.4, 0.5) is 8.78 Å². The van der Waals surface area contributed by atoms with E-state index in [4.69, 9.17) is 10.2 Å². The monoisotopic (exact) mass is 239 g/mol. The van der Waals surface area contributed by atoms with E-state index in [1.165, 1.54) is 0 Å². The molecule has 0 spiro atoms. The van der Waals surface area contributed by atoms with Crippen molar-refractivity contribution >= 4 is 15.9 Å². The molecule has 0 amide bonds. The molecular weight excluding hydrogens is 232 g/mol. The second-order valence-corrected chi connectivity index (χ2v) is 3.16. The summed E-state index contributed by atoms with van der Waals surface area (Å²) in [4.78, 5) is 0.